The average molecular weight is 293 g/mol. The molecular weight excluding hydrogens is 273 g/mol. The third kappa shape index (κ3) is 2.52. The average Bonchev–Trinajstić information content (AvgIpc) is 2.24. The number of hydrogen-bond donors (Lipinski definition) is 1. The van der Waals surface area contributed by atoms with Crippen LogP contribution in [0.2, 0.25) is 0 Å². The van der Waals surface area contributed by atoms with E-state index in [0.717, 1.165) is 13.1 Å². The summed E-state index contributed by atoms with van der Waals surface area (Å²) in [7, 11) is 0. The number of anilines is 1. The first-order valence-electron chi connectivity index (χ1n) is 7.03. The summed E-state index contributed by atoms with van der Waals surface area (Å²) < 4.78 is 13.1. The lowest BCUT2D eigenvalue weighted by Crippen LogP contribution is -2.74. The Morgan fingerprint density at radius 3 is 2.60 bits per heavy atom. The lowest BCUT2D eigenvalue weighted by atomic mass is 9.72. The lowest BCUT2D eigenvalue weighted by Gasteiger charge is -2.62. The summed E-state index contributed by atoms with van der Waals surface area (Å²) in [6.45, 7) is 8.83. The van der Waals surface area contributed by atoms with Crippen LogP contribution in [0.4, 0.5) is 10.1 Å². The van der Waals surface area contributed by atoms with Gasteiger partial charge in [-0.3, -0.25) is 4.90 Å². The van der Waals surface area contributed by atoms with Gasteiger partial charge in [0.15, 0.2) is 5.11 Å². The van der Waals surface area contributed by atoms with Gasteiger partial charge in [-0.15, -0.1) is 0 Å². The van der Waals surface area contributed by atoms with Crippen molar-refractivity contribution in [3.63, 3.8) is 0 Å². The maximum atomic E-state index is 13.1. The molecule has 1 aromatic rings. The fraction of sp³-hybridized carbons (Fsp3) is 0.533. The van der Waals surface area contributed by atoms with Crippen molar-refractivity contribution in [3.8, 4) is 0 Å². The zero-order valence-corrected chi connectivity index (χ0v) is 12.7. The van der Waals surface area contributed by atoms with Crippen molar-refractivity contribution in [2.45, 2.75) is 19.9 Å². The van der Waals surface area contributed by atoms with Crippen LogP contribution < -0.4 is 5.32 Å². The van der Waals surface area contributed by atoms with Crippen molar-refractivity contribution in [1.82, 2.24) is 9.80 Å². The van der Waals surface area contributed by atoms with Gasteiger partial charge in [-0.25, -0.2) is 4.39 Å². The highest BCUT2D eigenvalue weighted by Gasteiger charge is 2.52. The number of nitrogens with zero attached hydrogens (tertiary/aromatic N) is 2. The van der Waals surface area contributed by atoms with Gasteiger partial charge in [0.25, 0.3) is 0 Å². The number of hydrogen-bond acceptors (Lipinski definition) is 2. The molecule has 1 N–H and O–H groups in total. The molecular formula is C15H20FN3S. The standard InChI is InChI=1S/C15H20FN3S/c1-11(2)18-7-15(8-18)9-19(10-15)14(20)17-13-5-3-4-12(16)6-13/h3-6,11H,7-10H2,1-2H3,(H,17,20). The van der Waals surface area contributed by atoms with Crippen molar-refractivity contribution >= 4 is 23.0 Å². The van der Waals surface area contributed by atoms with Gasteiger partial charge >= 0.3 is 0 Å². The van der Waals surface area contributed by atoms with Gasteiger partial charge in [-0.1, -0.05) is 6.07 Å². The smallest absolute Gasteiger partial charge is 0.173 e. The number of thiocarbonyl (C=S) groups is 1. The van der Waals surface area contributed by atoms with Crippen LogP contribution in [0.3, 0.4) is 0 Å². The van der Waals surface area contributed by atoms with Crippen LogP contribution in [0.15, 0.2) is 24.3 Å². The molecule has 0 aromatic heterocycles. The van der Waals surface area contributed by atoms with Gasteiger partial charge in [0, 0.05) is 43.3 Å². The van der Waals surface area contributed by atoms with Gasteiger partial charge in [-0.2, -0.15) is 0 Å². The highest BCUT2D eigenvalue weighted by molar-refractivity contribution is 7.80. The molecule has 1 aromatic carbocycles. The minimum absolute atomic E-state index is 0.246. The fourth-order valence-electron chi connectivity index (χ4n) is 3.06. The molecule has 0 bridgehead atoms. The first kappa shape index (κ1) is 13.8. The molecule has 2 aliphatic rings. The van der Waals surface area contributed by atoms with Gasteiger partial charge in [-0.05, 0) is 44.3 Å². The second-order valence-corrected chi connectivity index (χ2v) is 6.68. The van der Waals surface area contributed by atoms with E-state index in [4.69, 9.17) is 12.2 Å². The van der Waals surface area contributed by atoms with Crippen molar-refractivity contribution in [3.05, 3.63) is 30.1 Å². The Kier molecular flexibility index (Phi) is 3.42. The first-order valence-corrected chi connectivity index (χ1v) is 7.44. The monoisotopic (exact) mass is 293 g/mol. The van der Waals surface area contributed by atoms with Crippen molar-refractivity contribution in [2.24, 2.45) is 5.41 Å². The molecule has 3 rings (SSSR count). The van der Waals surface area contributed by atoms with E-state index in [1.807, 2.05) is 6.07 Å². The molecule has 0 radical (unpaired) electrons. The van der Waals surface area contributed by atoms with Crippen LogP contribution in [-0.2, 0) is 0 Å². The Labute approximate surface area is 124 Å². The molecule has 0 unspecified atom stereocenters. The number of benzene rings is 1. The molecule has 2 aliphatic heterocycles. The second kappa shape index (κ2) is 4.97. The summed E-state index contributed by atoms with van der Waals surface area (Å²) in [5, 5.41) is 3.81. The summed E-state index contributed by atoms with van der Waals surface area (Å²) in [5.41, 5.74) is 1.16. The van der Waals surface area contributed by atoms with Crippen LogP contribution in [0.25, 0.3) is 0 Å². The van der Waals surface area contributed by atoms with Crippen LogP contribution in [-0.4, -0.2) is 47.1 Å². The highest BCUT2D eigenvalue weighted by Crippen LogP contribution is 2.40. The molecule has 0 aliphatic carbocycles. The van der Waals surface area contributed by atoms with Crippen molar-refractivity contribution < 1.29 is 4.39 Å². The van der Waals surface area contributed by atoms with E-state index >= 15 is 0 Å². The molecule has 5 heteroatoms. The van der Waals surface area contributed by atoms with E-state index in [1.165, 1.54) is 25.2 Å². The number of likely N-dealkylation sites (tertiary alicyclic amines) is 2. The first-order chi connectivity index (χ1) is 9.47. The summed E-state index contributed by atoms with van der Waals surface area (Å²) in [5.74, 6) is -0.246. The van der Waals surface area contributed by atoms with Gasteiger partial charge in [0.1, 0.15) is 5.82 Å². The lowest BCUT2D eigenvalue weighted by molar-refractivity contribution is -0.0988. The van der Waals surface area contributed by atoms with Crippen LogP contribution >= 0.6 is 12.2 Å². The predicted molar refractivity (Wildman–Crippen MR) is 83.3 cm³/mol. The number of nitrogens with one attached hydrogen (secondary N) is 1. The Hall–Kier alpha value is -1.20. The SMILES string of the molecule is CC(C)N1CC2(CN(C(=S)Nc3cccc(F)c3)C2)C1. The number of halogens is 1. The maximum Gasteiger partial charge on any atom is 0.173 e. The molecule has 20 heavy (non-hydrogen) atoms. The van der Waals surface area contributed by atoms with Crippen LogP contribution in [0, 0.1) is 11.2 Å². The minimum Gasteiger partial charge on any atom is -0.348 e. The largest absolute Gasteiger partial charge is 0.348 e. The Morgan fingerprint density at radius 2 is 2.00 bits per heavy atom. The molecule has 1 spiro atoms. The van der Waals surface area contributed by atoms with Crippen LogP contribution in [0.5, 0.6) is 0 Å². The topological polar surface area (TPSA) is 18.5 Å². The van der Waals surface area contributed by atoms with E-state index in [-0.39, 0.29) is 5.82 Å². The molecule has 0 atom stereocenters. The van der Waals surface area contributed by atoms with E-state index in [1.54, 1.807) is 6.07 Å². The summed E-state index contributed by atoms with van der Waals surface area (Å²) >= 11 is 5.39. The molecule has 3 nitrogen and oxygen atoms in total. The van der Waals surface area contributed by atoms with Gasteiger partial charge in [0.05, 0.1) is 0 Å². The zero-order chi connectivity index (χ0) is 14.3. The van der Waals surface area contributed by atoms with E-state index < -0.39 is 0 Å². The van der Waals surface area contributed by atoms with E-state index in [9.17, 15) is 4.39 Å². The Bertz CT molecular complexity index is 518. The van der Waals surface area contributed by atoms with Gasteiger partial charge < -0.3 is 10.2 Å². The van der Waals surface area contributed by atoms with Crippen molar-refractivity contribution in [1.29, 1.82) is 0 Å². The third-order valence-corrected chi connectivity index (χ3v) is 4.58. The third-order valence-electron chi connectivity index (χ3n) is 4.22. The fourth-order valence-corrected chi connectivity index (χ4v) is 3.30. The van der Waals surface area contributed by atoms with Crippen molar-refractivity contribution in [2.75, 3.05) is 31.5 Å². The van der Waals surface area contributed by atoms with E-state index in [0.29, 0.717) is 22.3 Å². The zero-order valence-electron chi connectivity index (χ0n) is 11.9. The molecule has 108 valence electrons. The Balaban J connectivity index is 1.50. The molecule has 2 saturated heterocycles. The summed E-state index contributed by atoms with van der Waals surface area (Å²) in [6.07, 6.45) is 0. The summed E-state index contributed by atoms with van der Waals surface area (Å²) in [4.78, 5) is 4.65. The summed E-state index contributed by atoms with van der Waals surface area (Å²) in [6, 6.07) is 7.04. The second-order valence-electron chi connectivity index (χ2n) is 6.30. The normalized spacial score (nSPS) is 20.7. The molecule has 2 heterocycles. The molecule has 0 saturated carbocycles. The highest BCUT2D eigenvalue weighted by atomic mass is 32.1. The molecule has 2 fully saturated rings. The quantitative estimate of drug-likeness (QED) is 0.844. The Morgan fingerprint density at radius 1 is 1.30 bits per heavy atom. The van der Waals surface area contributed by atoms with E-state index in [2.05, 4.69) is 29.0 Å². The predicted octanol–water partition coefficient (Wildman–Crippen LogP) is 2.55. The minimum atomic E-state index is -0.246. The maximum absolute atomic E-state index is 13.1. The molecule has 0 amide bonds. The van der Waals surface area contributed by atoms with Gasteiger partial charge in [0.2, 0.25) is 0 Å². The number of rotatable bonds is 2. The van der Waals surface area contributed by atoms with Crippen LogP contribution in [0.1, 0.15) is 13.8 Å².